The van der Waals surface area contributed by atoms with Crippen LogP contribution in [0.25, 0.3) is 11.1 Å². The molecular formula is C25H31N3O3. The zero-order valence-corrected chi connectivity index (χ0v) is 18.3. The highest BCUT2D eigenvalue weighted by atomic mass is 16.2. The van der Waals surface area contributed by atoms with E-state index < -0.39 is 12.1 Å². The Hall–Kier alpha value is -3.15. The van der Waals surface area contributed by atoms with Crippen LogP contribution in [0.2, 0.25) is 0 Å². The van der Waals surface area contributed by atoms with Gasteiger partial charge in [0.15, 0.2) is 0 Å². The van der Waals surface area contributed by atoms with Crippen LogP contribution in [0.15, 0.2) is 54.6 Å². The zero-order valence-electron chi connectivity index (χ0n) is 18.3. The maximum absolute atomic E-state index is 13.1. The lowest BCUT2D eigenvalue weighted by Crippen LogP contribution is -2.53. The molecule has 2 aromatic carbocycles. The summed E-state index contributed by atoms with van der Waals surface area (Å²) >= 11 is 0. The second-order valence-electron chi connectivity index (χ2n) is 8.04. The molecule has 1 saturated heterocycles. The Morgan fingerprint density at radius 3 is 2.35 bits per heavy atom. The SMILES string of the molecule is CCC(NC(C)=O)C(=O)NC1CCCCN(Cc2ccc(-c3ccccc3)cc2)C1=O. The fourth-order valence-electron chi connectivity index (χ4n) is 3.92. The number of nitrogens with one attached hydrogen (secondary N) is 2. The Bertz CT molecular complexity index is 896. The predicted octanol–water partition coefficient (Wildman–Crippen LogP) is 3.27. The molecule has 6 nitrogen and oxygen atoms in total. The lowest BCUT2D eigenvalue weighted by molar-refractivity contribution is -0.137. The van der Waals surface area contributed by atoms with E-state index in [1.807, 2.05) is 30.0 Å². The Morgan fingerprint density at radius 2 is 1.71 bits per heavy atom. The van der Waals surface area contributed by atoms with Crippen LogP contribution < -0.4 is 10.6 Å². The molecule has 6 heteroatoms. The normalized spacial score (nSPS) is 17.5. The minimum Gasteiger partial charge on any atom is -0.345 e. The van der Waals surface area contributed by atoms with Crippen LogP contribution in [-0.4, -0.2) is 41.2 Å². The van der Waals surface area contributed by atoms with Crippen molar-refractivity contribution >= 4 is 17.7 Å². The van der Waals surface area contributed by atoms with Gasteiger partial charge in [0.05, 0.1) is 0 Å². The summed E-state index contributed by atoms with van der Waals surface area (Å²) in [6.45, 7) is 4.41. The molecule has 3 amide bonds. The lowest BCUT2D eigenvalue weighted by atomic mass is 10.0. The van der Waals surface area contributed by atoms with Gasteiger partial charge in [-0.25, -0.2) is 0 Å². The highest BCUT2D eigenvalue weighted by Gasteiger charge is 2.30. The molecule has 0 radical (unpaired) electrons. The van der Waals surface area contributed by atoms with Crippen molar-refractivity contribution in [1.29, 1.82) is 0 Å². The van der Waals surface area contributed by atoms with Crippen LogP contribution >= 0.6 is 0 Å². The van der Waals surface area contributed by atoms with Crippen molar-refractivity contribution in [3.63, 3.8) is 0 Å². The van der Waals surface area contributed by atoms with Gasteiger partial charge >= 0.3 is 0 Å². The van der Waals surface area contributed by atoms with Crippen LogP contribution in [0.4, 0.5) is 0 Å². The van der Waals surface area contributed by atoms with Crippen molar-refractivity contribution in [2.24, 2.45) is 0 Å². The van der Waals surface area contributed by atoms with Gasteiger partial charge in [0, 0.05) is 20.0 Å². The van der Waals surface area contributed by atoms with Crippen molar-refractivity contribution in [3.8, 4) is 11.1 Å². The molecule has 0 spiro atoms. The van der Waals surface area contributed by atoms with E-state index in [4.69, 9.17) is 0 Å². The van der Waals surface area contributed by atoms with Crippen molar-refractivity contribution in [1.82, 2.24) is 15.5 Å². The van der Waals surface area contributed by atoms with Crippen molar-refractivity contribution in [2.75, 3.05) is 6.54 Å². The van der Waals surface area contributed by atoms with Crippen LogP contribution in [-0.2, 0) is 20.9 Å². The molecule has 0 bridgehead atoms. The average Bonchev–Trinajstić information content (AvgIpc) is 2.94. The topological polar surface area (TPSA) is 78.5 Å². The predicted molar refractivity (Wildman–Crippen MR) is 121 cm³/mol. The minimum absolute atomic E-state index is 0.0596. The smallest absolute Gasteiger partial charge is 0.245 e. The number of hydrogen-bond acceptors (Lipinski definition) is 3. The first kappa shape index (κ1) is 22.5. The number of hydrogen-bond donors (Lipinski definition) is 2. The highest BCUT2D eigenvalue weighted by molar-refractivity contribution is 5.91. The molecule has 2 unspecified atom stereocenters. The van der Waals surface area contributed by atoms with Gasteiger partial charge in [0.1, 0.15) is 12.1 Å². The summed E-state index contributed by atoms with van der Waals surface area (Å²) in [5.41, 5.74) is 3.36. The Morgan fingerprint density at radius 1 is 1.03 bits per heavy atom. The fourth-order valence-corrected chi connectivity index (χ4v) is 3.92. The van der Waals surface area contributed by atoms with Gasteiger partial charge in [0.25, 0.3) is 0 Å². The molecule has 2 atom stereocenters. The van der Waals surface area contributed by atoms with E-state index in [2.05, 4.69) is 47.0 Å². The third kappa shape index (κ3) is 6.17. The molecule has 31 heavy (non-hydrogen) atoms. The van der Waals surface area contributed by atoms with Gasteiger partial charge in [-0.05, 0) is 42.4 Å². The van der Waals surface area contributed by atoms with Gasteiger partial charge < -0.3 is 15.5 Å². The third-order valence-electron chi connectivity index (χ3n) is 5.63. The Balaban J connectivity index is 1.65. The molecule has 1 aliphatic rings. The van der Waals surface area contributed by atoms with Crippen LogP contribution in [0.1, 0.15) is 45.1 Å². The first-order chi connectivity index (χ1) is 15.0. The monoisotopic (exact) mass is 421 g/mol. The van der Waals surface area contributed by atoms with Crippen molar-refractivity contribution < 1.29 is 14.4 Å². The number of nitrogens with zero attached hydrogens (tertiary/aromatic N) is 1. The van der Waals surface area contributed by atoms with E-state index in [0.29, 0.717) is 25.9 Å². The second-order valence-corrected chi connectivity index (χ2v) is 8.04. The average molecular weight is 422 g/mol. The van der Waals surface area contributed by atoms with Crippen LogP contribution in [0, 0.1) is 0 Å². The maximum Gasteiger partial charge on any atom is 0.245 e. The molecule has 164 valence electrons. The first-order valence-corrected chi connectivity index (χ1v) is 11.0. The molecule has 2 aromatic rings. The molecule has 1 fully saturated rings. The summed E-state index contributed by atoms with van der Waals surface area (Å²) in [5, 5.41) is 5.51. The van der Waals surface area contributed by atoms with Gasteiger partial charge in [0.2, 0.25) is 17.7 Å². The third-order valence-corrected chi connectivity index (χ3v) is 5.63. The molecule has 0 aliphatic carbocycles. The number of benzene rings is 2. The number of carbonyl (C=O) groups is 3. The van der Waals surface area contributed by atoms with E-state index in [-0.39, 0.29) is 17.7 Å². The van der Waals surface area contributed by atoms with Gasteiger partial charge in [-0.15, -0.1) is 0 Å². The highest BCUT2D eigenvalue weighted by Crippen LogP contribution is 2.21. The van der Waals surface area contributed by atoms with E-state index in [0.717, 1.165) is 29.5 Å². The molecule has 1 heterocycles. The quantitative estimate of drug-likeness (QED) is 0.720. The summed E-state index contributed by atoms with van der Waals surface area (Å²) < 4.78 is 0. The summed E-state index contributed by atoms with van der Waals surface area (Å²) in [6, 6.07) is 17.3. The van der Waals surface area contributed by atoms with E-state index >= 15 is 0 Å². The summed E-state index contributed by atoms with van der Waals surface area (Å²) in [6.07, 6.45) is 2.87. The number of carbonyl (C=O) groups excluding carboxylic acids is 3. The van der Waals surface area contributed by atoms with Gasteiger partial charge in [-0.3, -0.25) is 14.4 Å². The fraction of sp³-hybridized carbons (Fsp3) is 0.400. The lowest BCUT2D eigenvalue weighted by Gasteiger charge is -2.26. The standard InChI is InChI=1S/C25H31N3O3/c1-3-22(26-18(2)29)24(30)27-23-11-7-8-16-28(25(23)31)17-19-12-14-21(15-13-19)20-9-5-4-6-10-20/h4-6,9-10,12-15,22-23H,3,7-8,11,16-17H2,1-2H3,(H,26,29)(H,27,30). The number of rotatable bonds is 7. The van der Waals surface area contributed by atoms with E-state index in [1.165, 1.54) is 6.92 Å². The zero-order chi connectivity index (χ0) is 22.2. The number of amides is 3. The Labute approximate surface area is 184 Å². The van der Waals surface area contributed by atoms with Crippen molar-refractivity contribution in [2.45, 2.75) is 58.2 Å². The summed E-state index contributed by atoms with van der Waals surface area (Å²) in [5.74, 6) is -0.615. The van der Waals surface area contributed by atoms with Crippen LogP contribution in [0.3, 0.4) is 0 Å². The molecular weight excluding hydrogens is 390 g/mol. The van der Waals surface area contributed by atoms with Crippen LogP contribution in [0.5, 0.6) is 0 Å². The van der Waals surface area contributed by atoms with E-state index in [1.54, 1.807) is 0 Å². The molecule has 0 saturated carbocycles. The molecule has 2 N–H and O–H groups in total. The van der Waals surface area contributed by atoms with Crippen molar-refractivity contribution in [3.05, 3.63) is 60.2 Å². The summed E-state index contributed by atoms with van der Waals surface area (Å²) in [4.78, 5) is 38.9. The number of likely N-dealkylation sites (tertiary alicyclic amines) is 1. The van der Waals surface area contributed by atoms with E-state index in [9.17, 15) is 14.4 Å². The summed E-state index contributed by atoms with van der Waals surface area (Å²) in [7, 11) is 0. The van der Waals surface area contributed by atoms with Gasteiger partial charge in [-0.1, -0.05) is 61.5 Å². The van der Waals surface area contributed by atoms with Gasteiger partial charge in [-0.2, -0.15) is 0 Å². The molecule has 1 aliphatic heterocycles. The Kier molecular flexibility index (Phi) is 7.82. The largest absolute Gasteiger partial charge is 0.345 e. The first-order valence-electron chi connectivity index (χ1n) is 11.0. The maximum atomic E-state index is 13.1. The molecule has 0 aromatic heterocycles. The molecule has 3 rings (SSSR count). The minimum atomic E-state index is -0.618. The second kappa shape index (κ2) is 10.8.